The van der Waals surface area contributed by atoms with E-state index in [1.165, 1.54) is 6.33 Å². The first-order valence-corrected chi connectivity index (χ1v) is 10.8. The van der Waals surface area contributed by atoms with Gasteiger partial charge >= 0.3 is 0 Å². The molecule has 2 N–H and O–H groups in total. The molecule has 0 radical (unpaired) electrons. The third-order valence-corrected chi connectivity index (χ3v) is 5.75. The van der Waals surface area contributed by atoms with Crippen LogP contribution < -0.4 is 10.7 Å². The fraction of sp³-hybridized carbons (Fsp3) is 0.261. The van der Waals surface area contributed by atoms with Crippen LogP contribution in [0.3, 0.4) is 0 Å². The van der Waals surface area contributed by atoms with Crippen molar-refractivity contribution >= 4 is 34.8 Å². The van der Waals surface area contributed by atoms with Gasteiger partial charge in [-0.2, -0.15) is 10.2 Å². The summed E-state index contributed by atoms with van der Waals surface area (Å²) >= 11 is 6.12. The molecule has 1 aromatic heterocycles. The predicted octanol–water partition coefficient (Wildman–Crippen LogP) is 4.16. The zero-order valence-electron chi connectivity index (χ0n) is 17.4. The summed E-state index contributed by atoms with van der Waals surface area (Å²) in [5.41, 5.74) is 4.65. The van der Waals surface area contributed by atoms with Crippen molar-refractivity contribution in [3.63, 3.8) is 0 Å². The van der Waals surface area contributed by atoms with E-state index in [4.69, 9.17) is 11.6 Å². The van der Waals surface area contributed by atoms with E-state index in [2.05, 4.69) is 25.9 Å². The number of aromatic nitrogens is 3. The van der Waals surface area contributed by atoms with Crippen LogP contribution in [0.5, 0.6) is 0 Å². The van der Waals surface area contributed by atoms with Gasteiger partial charge in [0, 0.05) is 11.6 Å². The molecule has 164 valence electrons. The van der Waals surface area contributed by atoms with Gasteiger partial charge in [-0.15, -0.1) is 0 Å². The van der Waals surface area contributed by atoms with Gasteiger partial charge in [0.15, 0.2) is 0 Å². The number of halogens is 1. The molecule has 1 saturated carbocycles. The summed E-state index contributed by atoms with van der Waals surface area (Å²) in [6.45, 7) is 0.680. The van der Waals surface area contributed by atoms with E-state index < -0.39 is 5.91 Å². The Morgan fingerprint density at radius 2 is 1.84 bits per heavy atom. The van der Waals surface area contributed by atoms with Crippen LogP contribution in [-0.4, -0.2) is 32.3 Å². The lowest BCUT2D eigenvalue weighted by atomic mass is 9.87. The number of para-hydroxylation sites is 1. The van der Waals surface area contributed by atoms with E-state index in [9.17, 15) is 9.59 Å². The third kappa shape index (κ3) is 5.20. The molecule has 0 spiro atoms. The number of carbonyl (C=O) groups is 2. The van der Waals surface area contributed by atoms with Crippen LogP contribution >= 0.6 is 11.6 Å². The second-order valence-corrected chi connectivity index (χ2v) is 7.99. The lowest BCUT2D eigenvalue weighted by molar-refractivity contribution is 0.0955. The van der Waals surface area contributed by atoms with E-state index in [1.54, 1.807) is 59.5 Å². The fourth-order valence-corrected chi connectivity index (χ4v) is 3.99. The first-order valence-electron chi connectivity index (χ1n) is 10.5. The van der Waals surface area contributed by atoms with Crippen molar-refractivity contribution in [1.29, 1.82) is 0 Å². The van der Waals surface area contributed by atoms with E-state index in [0.29, 0.717) is 28.4 Å². The Labute approximate surface area is 190 Å². The number of hydrogen-bond donors (Lipinski definition) is 2. The van der Waals surface area contributed by atoms with Gasteiger partial charge in [0.25, 0.3) is 11.8 Å². The molecule has 2 amide bonds. The fourth-order valence-electron chi connectivity index (χ4n) is 3.77. The van der Waals surface area contributed by atoms with Gasteiger partial charge in [-0.3, -0.25) is 14.3 Å². The predicted molar refractivity (Wildman–Crippen MR) is 123 cm³/mol. The summed E-state index contributed by atoms with van der Waals surface area (Å²) in [5.74, 6) is -0.583. The summed E-state index contributed by atoms with van der Waals surface area (Å²) < 4.78 is 1.78. The molecule has 4 rings (SSSR count). The molecular formula is C23H23ClN6O2. The molecule has 3 aromatic rings. The minimum absolute atomic E-state index is 0.195. The topological polar surface area (TPSA) is 101 Å². The van der Waals surface area contributed by atoms with E-state index in [1.807, 2.05) is 0 Å². The molecule has 2 aromatic carbocycles. The highest BCUT2D eigenvalue weighted by Crippen LogP contribution is 2.24. The molecule has 0 saturated heterocycles. The van der Waals surface area contributed by atoms with Crippen LogP contribution in [-0.2, 0) is 6.54 Å². The van der Waals surface area contributed by atoms with Crippen LogP contribution in [0, 0.1) is 5.92 Å². The maximum atomic E-state index is 12.9. The number of benzene rings is 2. The van der Waals surface area contributed by atoms with E-state index in [0.717, 1.165) is 31.4 Å². The molecular weight excluding hydrogens is 428 g/mol. The van der Waals surface area contributed by atoms with Crippen LogP contribution in [0.25, 0.3) is 0 Å². The van der Waals surface area contributed by atoms with Crippen molar-refractivity contribution in [3.05, 3.63) is 77.3 Å². The van der Waals surface area contributed by atoms with Crippen molar-refractivity contribution in [2.75, 3.05) is 5.32 Å². The highest BCUT2D eigenvalue weighted by Gasteiger charge is 2.22. The number of anilines is 1. The number of carbonyl (C=O) groups excluding carboxylic acids is 2. The highest BCUT2D eigenvalue weighted by atomic mass is 35.5. The second-order valence-electron chi connectivity index (χ2n) is 7.58. The van der Waals surface area contributed by atoms with Gasteiger partial charge in [0.05, 0.1) is 28.4 Å². The van der Waals surface area contributed by atoms with Crippen molar-refractivity contribution in [1.82, 2.24) is 20.2 Å². The van der Waals surface area contributed by atoms with Crippen LogP contribution in [0.15, 0.2) is 66.3 Å². The monoisotopic (exact) mass is 450 g/mol. The second kappa shape index (κ2) is 10.2. The average molecular weight is 451 g/mol. The van der Waals surface area contributed by atoms with Crippen molar-refractivity contribution in [3.8, 4) is 0 Å². The standard InChI is InChI=1S/C23H23ClN6O2/c24-19-10-4-2-8-17(19)22(31)27-21-12-6-3-9-18(21)23(32)29-28-20-11-5-1-7-16(20)13-30-15-25-14-26-30/h2-4,6,8-10,12,14-16H,1,5,7,11,13H2,(H,27,31)(H,29,32)/b28-20-/t16-/m0/s1. The zero-order chi connectivity index (χ0) is 22.3. The quantitative estimate of drug-likeness (QED) is 0.550. The molecule has 1 aliphatic rings. The zero-order valence-corrected chi connectivity index (χ0v) is 18.1. The molecule has 1 atom stereocenters. The van der Waals surface area contributed by atoms with Gasteiger partial charge in [-0.25, -0.2) is 10.4 Å². The summed E-state index contributed by atoms with van der Waals surface area (Å²) in [5, 5.41) is 11.7. The van der Waals surface area contributed by atoms with Crippen molar-refractivity contribution in [2.24, 2.45) is 11.0 Å². The van der Waals surface area contributed by atoms with Gasteiger partial charge < -0.3 is 5.32 Å². The molecule has 32 heavy (non-hydrogen) atoms. The molecule has 0 unspecified atom stereocenters. The number of hydrogen-bond acceptors (Lipinski definition) is 5. The SMILES string of the molecule is O=C(Nc1ccccc1C(=O)N/N=C1/CCCC[C@H]1Cn1cncn1)c1ccccc1Cl. The number of nitrogens with zero attached hydrogens (tertiary/aromatic N) is 4. The van der Waals surface area contributed by atoms with E-state index in [-0.39, 0.29) is 11.8 Å². The largest absolute Gasteiger partial charge is 0.321 e. The Hall–Kier alpha value is -3.52. The van der Waals surface area contributed by atoms with Gasteiger partial charge in [-0.05, 0) is 43.5 Å². The molecule has 1 aliphatic carbocycles. The lowest BCUT2D eigenvalue weighted by Gasteiger charge is -2.23. The lowest BCUT2D eigenvalue weighted by Crippen LogP contribution is -2.29. The molecule has 1 heterocycles. The number of rotatable bonds is 6. The Morgan fingerprint density at radius 1 is 1.06 bits per heavy atom. The van der Waals surface area contributed by atoms with Gasteiger partial charge in [0.1, 0.15) is 12.7 Å². The summed E-state index contributed by atoms with van der Waals surface area (Å²) in [6, 6.07) is 13.6. The third-order valence-electron chi connectivity index (χ3n) is 5.42. The Morgan fingerprint density at radius 3 is 2.62 bits per heavy atom. The first-order chi connectivity index (χ1) is 15.6. The Bertz CT molecular complexity index is 1130. The Balaban J connectivity index is 1.47. The van der Waals surface area contributed by atoms with Crippen LogP contribution in [0.2, 0.25) is 5.02 Å². The van der Waals surface area contributed by atoms with Gasteiger partial charge in [-0.1, -0.05) is 42.3 Å². The summed E-state index contributed by atoms with van der Waals surface area (Å²) in [7, 11) is 0. The molecule has 9 heteroatoms. The maximum Gasteiger partial charge on any atom is 0.273 e. The van der Waals surface area contributed by atoms with Crippen molar-refractivity contribution < 1.29 is 9.59 Å². The normalized spacial score (nSPS) is 17.2. The summed E-state index contributed by atoms with van der Waals surface area (Å²) in [4.78, 5) is 29.5. The first kappa shape index (κ1) is 21.7. The number of hydrazone groups is 1. The molecule has 0 bridgehead atoms. The van der Waals surface area contributed by atoms with Gasteiger partial charge in [0.2, 0.25) is 0 Å². The molecule has 0 aliphatic heterocycles. The Kier molecular flexibility index (Phi) is 6.91. The smallest absolute Gasteiger partial charge is 0.273 e. The maximum absolute atomic E-state index is 12.9. The minimum Gasteiger partial charge on any atom is -0.321 e. The van der Waals surface area contributed by atoms with Crippen LogP contribution in [0.1, 0.15) is 46.4 Å². The minimum atomic E-state index is -0.391. The number of nitrogens with one attached hydrogen (secondary N) is 2. The van der Waals surface area contributed by atoms with Crippen LogP contribution in [0.4, 0.5) is 5.69 Å². The highest BCUT2D eigenvalue weighted by molar-refractivity contribution is 6.34. The average Bonchev–Trinajstić information content (AvgIpc) is 3.32. The molecule has 8 nitrogen and oxygen atoms in total. The summed E-state index contributed by atoms with van der Waals surface area (Å²) in [6.07, 6.45) is 7.15. The number of amides is 2. The molecule has 1 fully saturated rings. The van der Waals surface area contributed by atoms with Crippen molar-refractivity contribution in [2.45, 2.75) is 32.2 Å². The van der Waals surface area contributed by atoms with E-state index >= 15 is 0 Å².